The third-order valence-corrected chi connectivity index (χ3v) is 4.28. The fourth-order valence-corrected chi connectivity index (χ4v) is 2.79. The Morgan fingerprint density at radius 1 is 1.10 bits per heavy atom. The van der Waals surface area contributed by atoms with E-state index in [0.29, 0.717) is 0 Å². The zero-order valence-corrected chi connectivity index (χ0v) is 12.6. The number of nitrogens with one attached hydrogen (secondary N) is 1. The van der Waals surface area contributed by atoms with Crippen molar-refractivity contribution in [3.8, 4) is 11.3 Å². The monoisotopic (exact) mass is 283 g/mol. The van der Waals surface area contributed by atoms with Gasteiger partial charge in [-0.25, -0.2) is 4.68 Å². The molecule has 4 nitrogen and oxygen atoms in total. The van der Waals surface area contributed by atoms with E-state index in [2.05, 4.69) is 42.5 Å². The minimum Gasteiger partial charge on any atom is -0.317 e. The molecule has 3 rings (SSSR count). The molecule has 0 unspecified atom stereocenters. The number of hydrogen-bond acceptors (Lipinski definition) is 3. The van der Waals surface area contributed by atoms with E-state index in [1.807, 2.05) is 6.07 Å². The van der Waals surface area contributed by atoms with Crippen molar-refractivity contribution in [1.82, 2.24) is 15.1 Å². The second-order valence-corrected chi connectivity index (χ2v) is 5.78. The fraction of sp³-hybridized carbons (Fsp3) is 0.412. The Morgan fingerprint density at radius 2 is 1.86 bits per heavy atom. The van der Waals surface area contributed by atoms with E-state index < -0.39 is 0 Å². The summed E-state index contributed by atoms with van der Waals surface area (Å²) in [6.07, 6.45) is 1.92. The molecule has 2 heterocycles. The third kappa shape index (κ3) is 2.90. The Kier molecular flexibility index (Phi) is 3.88. The molecule has 0 aliphatic carbocycles. The molecule has 1 aliphatic rings. The first kappa shape index (κ1) is 14.0. The van der Waals surface area contributed by atoms with E-state index in [4.69, 9.17) is 0 Å². The quantitative estimate of drug-likeness (QED) is 0.921. The maximum Gasteiger partial charge on any atom is 0.267 e. The molecular formula is C17H21N3O. The molecule has 4 heteroatoms. The standard InChI is InChI=1S/C17H21N3O/c1-12-3-4-14(11-13(12)2)16-5-6-17(21)20(19-16)15-7-9-18-10-8-15/h3-6,11,15,18H,7-10H2,1-2H3. The average Bonchev–Trinajstić information content (AvgIpc) is 2.51. The van der Waals surface area contributed by atoms with Gasteiger partial charge in [0.05, 0.1) is 11.7 Å². The number of nitrogens with zero attached hydrogens (tertiary/aromatic N) is 2. The Bertz CT molecular complexity index is 699. The fourth-order valence-electron chi connectivity index (χ4n) is 2.79. The van der Waals surface area contributed by atoms with Gasteiger partial charge in [-0.15, -0.1) is 0 Å². The normalized spacial score (nSPS) is 16.1. The van der Waals surface area contributed by atoms with Crippen molar-refractivity contribution in [3.05, 3.63) is 51.8 Å². The van der Waals surface area contributed by atoms with Crippen molar-refractivity contribution in [1.29, 1.82) is 0 Å². The van der Waals surface area contributed by atoms with Crippen LogP contribution < -0.4 is 10.9 Å². The molecule has 1 saturated heterocycles. The van der Waals surface area contributed by atoms with Gasteiger partial charge in [-0.3, -0.25) is 4.79 Å². The van der Waals surface area contributed by atoms with E-state index in [1.165, 1.54) is 11.1 Å². The van der Waals surface area contributed by atoms with Crippen LogP contribution in [0.4, 0.5) is 0 Å². The first-order valence-electron chi connectivity index (χ1n) is 7.53. The van der Waals surface area contributed by atoms with Gasteiger partial charge in [-0.1, -0.05) is 12.1 Å². The lowest BCUT2D eigenvalue weighted by Gasteiger charge is -2.23. The van der Waals surface area contributed by atoms with Gasteiger partial charge in [0.15, 0.2) is 0 Å². The van der Waals surface area contributed by atoms with Crippen molar-refractivity contribution >= 4 is 0 Å². The van der Waals surface area contributed by atoms with E-state index in [-0.39, 0.29) is 11.6 Å². The smallest absolute Gasteiger partial charge is 0.267 e. The Hall–Kier alpha value is -1.94. The van der Waals surface area contributed by atoms with Crippen LogP contribution in [0, 0.1) is 13.8 Å². The topological polar surface area (TPSA) is 46.9 Å². The summed E-state index contributed by atoms with van der Waals surface area (Å²) in [5, 5.41) is 7.93. The Balaban J connectivity index is 2.00. The Morgan fingerprint density at radius 3 is 2.57 bits per heavy atom. The van der Waals surface area contributed by atoms with Crippen LogP contribution in [-0.4, -0.2) is 22.9 Å². The van der Waals surface area contributed by atoms with Crippen molar-refractivity contribution in [2.24, 2.45) is 0 Å². The maximum absolute atomic E-state index is 12.1. The molecule has 1 N–H and O–H groups in total. The molecule has 0 radical (unpaired) electrons. The molecule has 0 saturated carbocycles. The van der Waals surface area contributed by atoms with E-state index in [9.17, 15) is 4.79 Å². The van der Waals surface area contributed by atoms with Gasteiger partial charge in [0.1, 0.15) is 0 Å². The number of hydrogen-bond donors (Lipinski definition) is 1. The van der Waals surface area contributed by atoms with Crippen LogP contribution in [0.1, 0.15) is 30.0 Å². The minimum atomic E-state index is -0.00511. The molecule has 1 aromatic heterocycles. The summed E-state index contributed by atoms with van der Waals surface area (Å²) < 4.78 is 1.67. The van der Waals surface area contributed by atoms with E-state index in [0.717, 1.165) is 37.2 Å². The van der Waals surface area contributed by atoms with Gasteiger partial charge in [0.25, 0.3) is 5.56 Å². The van der Waals surface area contributed by atoms with Gasteiger partial charge in [0, 0.05) is 11.6 Å². The Labute approximate surface area is 124 Å². The highest BCUT2D eigenvalue weighted by Gasteiger charge is 2.17. The molecule has 21 heavy (non-hydrogen) atoms. The molecule has 0 bridgehead atoms. The molecule has 1 aliphatic heterocycles. The van der Waals surface area contributed by atoms with Crippen LogP contribution in [0.2, 0.25) is 0 Å². The summed E-state index contributed by atoms with van der Waals surface area (Å²) in [5.74, 6) is 0. The van der Waals surface area contributed by atoms with Crippen LogP contribution in [0.3, 0.4) is 0 Å². The number of rotatable bonds is 2. The van der Waals surface area contributed by atoms with E-state index in [1.54, 1.807) is 10.7 Å². The van der Waals surface area contributed by atoms with Crippen molar-refractivity contribution in [2.75, 3.05) is 13.1 Å². The summed E-state index contributed by atoms with van der Waals surface area (Å²) in [4.78, 5) is 12.1. The molecule has 1 aromatic carbocycles. The highest BCUT2D eigenvalue weighted by molar-refractivity contribution is 5.60. The van der Waals surface area contributed by atoms with Gasteiger partial charge in [-0.05, 0) is 63.0 Å². The molecule has 110 valence electrons. The average molecular weight is 283 g/mol. The van der Waals surface area contributed by atoms with Crippen LogP contribution in [0.15, 0.2) is 35.1 Å². The first-order valence-corrected chi connectivity index (χ1v) is 7.53. The predicted octanol–water partition coefficient (Wildman–Crippen LogP) is 2.45. The molecule has 2 aromatic rings. The highest BCUT2D eigenvalue weighted by atomic mass is 16.1. The maximum atomic E-state index is 12.1. The molecule has 0 atom stereocenters. The minimum absolute atomic E-state index is 0.00511. The van der Waals surface area contributed by atoms with E-state index >= 15 is 0 Å². The van der Waals surface area contributed by atoms with Crippen LogP contribution >= 0.6 is 0 Å². The summed E-state index contributed by atoms with van der Waals surface area (Å²) >= 11 is 0. The lowest BCUT2D eigenvalue weighted by Crippen LogP contribution is -2.35. The van der Waals surface area contributed by atoms with Crippen LogP contribution in [0.5, 0.6) is 0 Å². The van der Waals surface area contributed by atoms with Gasteiger partial charge in [0.2, 0.25) is 0 Å². The second kappa shape index (κ2) is 5.82. The molecular weight excluding hydrogens is 262 g/mol. The van der Waals surface area contributed by atoms with Gasteiger partial charge >= 0.3 is 0 Å². The summed E-state index contributed by atoms with van der Waals surface area (Å²) in [7, 11) is 0. The largest absolute Gasteiger partial charge is 0.317 e. The van der Waals surface area contributed by atoms with Crippen molar-refractivity contribution in [3.63, 3.8) is 0 Å². The second-order valence-electron chi connectivity index (χ2n) is 5.78. The summed E-state index contributed by atoms with van der Waals surface area (Å²) in [6.45, 7) is 6.10. The van der Waals surface area contributed by atoms with Gasteiger partial charge in [-0.2, -0.15) is 5.10 Å². The van der Waals surface area contributed by atoms with Crippen molar-refractivity contribution in [2.45, 2.75) is 32.7 Å². The number of benzene rings is 1. The molecule has 0 amide bonds. The lowest BCUT2D eigenvalue weighted by molar-refractivity contribution is 0.332. The number of aromatic nitrogens is 2. The molecule has 1 fully saturated rings. The SMILES string of the molecule is Cc1ccc(-c2ccc(=O)n(C3CCNCC3)n2)cc1C. The third-order valence-electron chi connectivity index (χ3n) is 4.28. The zero-order valence-electron chi connectivity index (χ0n) is 12.6. The van der Waals surface area contributed by atoms with Gasteiger partial charge < -0.3 is 5.32 Å². The summed E-state index contributed by atoms with van der Waals surface area (Å²) in [5.41, 5.74) is 4.45. The number of piperidine rings is 1. The molecule has 0 spiro atoms. The predicted molar refractivity (Wildman–Crippen MR) is 84.5 cm³/mol. The van der Waals surface area contributed by atoms with Crippen LogP contribution in [0.25, 0.3) is 11.3 Å². The lowest BCUT2D eigenvalue weighted by atomic mass is 10.0. The highest BCUT2D eigenvalue weighted by Crippen LogP contribution is 2.21. The summed E-state index contributed by atoms with van der Waals surface area (Å²) in [6, 6.07) is 9.98. The zero-order chi connectivity index (χ0) is 14.8. The number of aryl methyl sites for hydroxylation is 2. The first-order chi connectivity index (χ1) is 10.1. The van der Waals surface area contributed by atoms with Crippen LogP contribution in [-0.2, 0) is 0 Å². The van der Waals surface area contributed by atoms with Crippen molar-refractivity contribution < 1.29 is 0 Å².